The van der Waals surface area contributed by atoms with Crippen molar-refractivity contribution in [3.8, 4) is 11.8 Å². The maximum atomic E-state index is 10.6. The van der Waals surface area contributed by atoms with E-state index in [2.05, 4.69) is 25.3 Å². The zero-order valence-corrected chi connectivity index (χ0v) is 9.17. The summed E-state index contributed by atoms with van der Waals surface area (Å²) in [7, 11) is -4.06. The fourth-order valence-corrected chi connectivity index (χ4v) is 1.58. The Morgan fingerprint density at radius 3 is 2.64 bits per heavy atom. The predicted octanol–water partition coefficient (Wildman–Crippen LogP) is 0.903. The molecule has 0 saturated heterocycles. The highest BCUT2D eigenvalue weighted by atomic mass is 79.9. The van der Waals surface area contributed by atoms with Gasteiger partial charge in [-0.1, -0.05) is 0 Å². The second-order valence-electron chi connectivity index (χ2n) is 2.33. The van der Waals surface area contributed by atoms with E-state index in [0.29, 0.717) is 4.47 Å². The van der Waals surface area contributed by atoms with Gasteiger partial charge in [0.15, 0.2) is 5.75 Å². The molecule has 0 heterocycles. The van der Waals surface area contributed by atoms with Crippen LogP contribution in [0.3, 0.4) is 0 Å². The first-order valence-electron chi connectivity index (χ1n) is 3.34. The molecule has 7 heteroatoms. The number of nitrogens with two attached hydrogens (primary N) is 1. The molecule has 1 rings (SSSR count). The molecule has 0 aliphatic carbocycles. The third kappa shape index (κ3) is 2.99. The summed E-state index contributed by atoms with van der Waals surface area (Å²) in [5, 5.41) is 13.2. The number of halogens is 1. The van der Waals surface area contributed by atoms with Crippen molar-refractivity contribution in [2.24, 2.45) is 5.14 Å². The van der Waals surface area contributed by atoms with Gasteiger partial charge in [-0.3, -0.25) is 0 Å². The van der Waals surface area contributed by atoms with Crippen molar-refractivity contribution in [3.63, 3.8) is 0 Å². The van der Waals surface area contributed by atoms with Crippen molar-refractivity contribution in [2.45, 2.75) is 0 Å². The molecule has 0 spiro atoms. The van der Waals surface area contributed by atoms with Gasteiger partial charge < -0.3 is 4.18 Å². The van der Waals surface area contributed by atoms with Crippen molar-refractivity contribution in [3.05, 3.63) is 28.2 Å². The Labute approximate surface area is 89.5 Å². The van der Waals surface area contributed by atoms with Crippen LogP contribution in [0.15, 0.2) is 22.7 Å². The van der Waals surface area contributed by atoms with Crippen LogP contribution in [0.4, 0.5) is 0 Å². The minimum absolute atomic E-state index is 0.00782. The molecule has 0 aliphatic rings. The molecule has 2 N–H and O–H groups in total. The Bertz CT molecular complexity index is 492. The summed E-state index contributed by atoms with van der Waals surface area (Å²) in [5.74, 6) is -0.00782. The lowest BCUT2D eigenvalue weighted by Crippen LogP contribution is -2.19. The molecule has 0 unspecified atom stereocenters. The lowest BCUT2D eigenvalue weighted by molar-refractivity contribution is 0.486. The van der Waals surface area contributed by atoms with Gasteiger partial charge in [0.05, 0.1) is 16.1 Å². The lowest BCUT2D eigenvalue weighted by atomic mass is 10.2. The molecule has 0 aliphatic heterocycles. The minimum atomic E-state index is -4.06. The number of hydrogen-bond donors (Lipinski definition) is 1. The van der Waals surface area contributed by atoms with E-state index in [4.69, 9.17) is 5.26 Å². The van der Waals surface area contributed by atoms with E-state index in [-0.39, 0.29) is 11.3 Å². The molecular formula is C7H5BrN2O3S. The second kappa shape index (κ2) is 3.96. The van der Waals surface area contributed by atoms with Crippen molar-refractivity contribution in [1.82, 2.24) is 0 Å². The zero-order valence-electron chi connectivity index (χ0n) is 6.77. The largest absolute Gasteiger partial charge is 0.380 e. The molecule has 0 fully saturated rings. The first-order valence-corrected chi connectivity index (χ1v) is 5.60. The van der Waals surface area contributed by atoms with Crippen LogP contribution >= 0.6 is 15.9 Å². The molecule has 0 saturated carbocycles. The fraction of sp³-hybridized carbons (Fsp3) is 0. The molecular weight excluding hydrogens is 272 g/mol. The van der Waals surface area contributed by atoms with Crippen molar-refractivity contribution in [2.75, 3.05) is 0 Å². The van der Waals surface area contributed by atoms with Crippen LogP contribution in [0.1, 0.15) is 5.56 Å². The van der Waals surface area contributed by atoms with E-state index in [1.807, 2.05) is 6.07 Å². The van der Waals surface area contributed by atoms with Crippen molar-refractivity contribution < 1.29 is 12.6 Å². The normalized spacial score (nSPS) is 10.6. The van der Waals surface area contributed by atoms with E-state index in [1.54, 1.807) is 0 Å². The van der Waals surface area contributed by atoms with E-state index < -0.39 is 10.3 Å². The Kier molecular flexibility index (Phi) is 3.10. The summed E-state index contributed by atoms with van der Waals surface area (Å²) in [6.07, 6.45) is 0. The Balaban J connectivity index is 3.15. The summed E-state index contributed by atoms with van der Waals surface area (Å²) in [5.41, 5.74) is 0.284. The first kappa shape index (κ1) is 11.0. The third-order valence-corrected chi connectivity index (χ3v) is 2.33. The number of nitrogens with zero attached hydrogens (tertiary/aromatic N) is 1. The van der Waals surface area contributed by atoms with E-state index in [1.165, 1.54) is 18.2 Å². The van der Waals surface area contributed by atoms with E-state index in [9.17, 15) is 8.42 Å². The third-order valence-electron chi connectivity index (χ3n) is 1.27. The van der Waals surface area contributed by atoms with Crippen LogP contribution in [0.2, 0.25) is 0 Å². The first-order chi connectivity index (χ1) is 6.42. The Hall–Kier alpha value is -1.10. The highest BCUT2D eigenvalue weighted by Gasteiger charge is 2.09. The van der Waals surface area contributed by atoms with Crippen LogP contribution in [-0.2, 0) is 10.3 Å². The van der Waals surface area contributed by atoms with Crippen LogP contribution in [-0.4, -0.2) is 8.42 Å². The van der Waals surface area contributed by atoms with Crippen LogP contribution in [0.25, 0.3) is 0 Å². The molecule has 14 heavy (non-hydrogen) atoms. The average molecular weight is 277 g/mol. The van der Waals surface area contributed by atoms with Gasteiger partial charge in [0.1, 0.15) is 0 Å². The molecule has 1 aromatic carbocycles. The average Bonchev–Trinajstić information content (AvgIpc) is 2.06. The highest BCUT2D eigenvalue weighted by molar-refractivity contribution is 9.10. The van der Waals surface area contributed by atoms with Crippen molar-refractivity contribution >= 4 is 26.2 Å². The van der Waals surface area contributed by atoms with Gasteiger partial charge in [-0.05, 0) is 28.1 Å². The number of rotatable bonds is 2. The monoisotopic (exact) mass is 276 g/mol. The molecule has 0 radical (unpaired) electrons. The topological polar surface area (TPSA) is 93.2 Å². The number of nitriles is 1. The molecule has 5 nitrogen and oxygen atoms in total. The fourth-order valence-electron chi connectivity index (χ4n) is 0.762. The molecule has 0 aromatic heterocycles. The number of hydrogen-bond acceptors (Lipinski definition) is 4. The van der Waals surface area contributed by atoms with Gasteiger partial charge in [0.2, 0.25) is 0 Å². The second-order valence-corrected chi connectivity index (χ2v) is 4.34. The Morgan fingerprint density at radius 2 is 2.14 bits per heavy atom. The molecule has 0 bridgehead atoms. The quantitative estimate of drug-likeness (QED) is 0.869. The van der Waals surface area contributed by atoms with Gasteiger partial charge in [-0.25, -0.2) is 0 Å². The zero-order chi connectivity index (χ0) is 10.8. The molecule has 74 valence electrons. The smallest absolute Gasteiger partial charge is 0.370 e. The predicted molar refractivity (Wildman–Crippen MR) is 52.6 cm³/mol. The van der Waals surface area contributed by atoms with Crippen molar-refractivity contribution in [1.29, 1.82) is 5.26 Å². The molecule has 0 atom stereocenters. The van der Waals surface area contributed by atoms with Crippen LogP contribution in [0, 0.1) is 11.3 Å². The van der Waals surface area contributed by atoms with Gasteiger partial charge in [0.25, 0.3) is 0 Å². The maximum Gasteiger partial charge on any atom is 0.380 e. The summed E-state index contributed by atoms with van der Waals surface area (Å²) >= 11 is 3.06. The lowest BCUT2D eigenvalue weighted by Gasteiger charge is -2.04. The van der Waals surface area contributed by atoms with Crippen LogP contribution in [0.5, 0.6) is 5.75 Å². The minimum Gasteiger partial charge on any atom is -0.370 e. The molecule has 1 aromatic rings. The summed E-state index contributed by atoms with van der Waals surface area (Å²) in [6, 6.07) is 6.13. The summed E-state index contributed by atoms with van der Waals surface area (Å²) in [6.45, 7) is 0. The van der Waals surface area contributed by atoms with Gasteiger partial charge in [0, 0.05) is 6.07 Å². The van der Waals surface area contributed by atoms with Crippen LogP contribution < -0.4 is 9.32 Å². The Morgan fingerprint density at radius 1 is 1.50 bits per heavy atom. The number of benzene rings is 1. The van der Waals surface area contributed by atoms with E-state index >= 15 is 0 Å². The maximum absolute atomic E-state index is 10.6. The summed E-state index contributed by atoms with van der Waals surface area (Å²) < 4.78 is 26.0. The van der Waals surface area contributed by atoms with E-state index in [0.717, 1.165) is 0 Å². The SMILES string of the molecule is N#Cc1ccc(Br)c(OS(N)(=O)=O)c1. The standard InChI is InChI=1S/C7H5BrN2O3S/c8-6-2-1-5(4-9)3-7(6)13-14(10,11)12/h1-3H,(H2,10,11,12). The highest BCUT2D eigenvalue weighted by Crippen LogP contribution is 2.26. The molecule has 0 amide bonds. The summed E-state index contributed by atoms with van der Waals surface area (Å²) in [4.78, 5) is 0. The van der Waals surface area contributed by atoms with Gasteiger partial charge >= 0.3 is 10.3 Å². The van der Waals surface area contributed by atoms with Gasteiger partial charge in [-0.2, -0.15) is 18.8 Å². The van der Waals surface area contributed by atoms with Gasteiger partial charge in [-0.15, -0.1) is 0 Å².